The van der Waals surface area contributed by atoms with E-state index in [0.717, 1.165) is 22.4 Å². The molecule has 0 aliphatic carbocycles. The summed E-state index contributed by atoms with van der Waals surface area (Å²) in [5, 5.41) is 8.01. The van der Waals surface area contributed by atoms with Crippen molar-refractivity contribution in [1.82, 2.24) is 9.78 Å². The molecule has 0 amide bonds. The Labute approximate surface area is 133 Å². The molecule has 0 bridgehead atoms. The Bertz CT molecular complexity index is 728. The Morgan fingerprint density at radius 2 is 2.23 bits per heavy atom. The molecule has 116 valence electrons. The van der Waals surface area contributed by atoms with Gasteiger partial charge in [0.1, 0.15) is 16.5 Å². The van der Waals surface area contributed by atoms with E-state index in [1.165, 1.54) is 13.2 Å². The Kier molecular flexibility index (Phi) is 5.55. The monoisotopic (exact) mass is 320 g/mol. The fourth-order valence-electron chi connectivity index (χ4n) is 1.69. The molecule has 1 N–H and O–H groups in total. The van der Waals surface area contributed by atoms with E-state index in [1.54, 1.807) is 6.21 Å². The number of hydrazone groups is 1. The number of hydrogen-bond donors (Lipinski definition) is 1. The quantitative estimate of drug-likeness (QED) is 0.656. The van der Waals surface area contributed by atoms with E-state index in [-0.39, 0.29) is 10.6 Å². The number of aryl methyl sites for hydroxylation is 1. The van der Waals surface area contributed by atoms with Gasteiger partial charge in [0.2, 0.25) is 0 Å². The summed E-state index contributed by atoms with van der Waals surface area (Å²) in [6, 6.07) is 7.56. The second kappa shape index (κ2) is 7.61. The molecule has 1 heterocycles. The van der Waals surface area contributed by atoms with Crippen LogP contribution in [0.4, 0.5) is 5.69 Å². The van der Waals surface area contributed by atoms with Gasteiger partial charge in [0.25, 0.3) is 5.56 Å². The van der Waals surface area contributed by atoms with Gasteiger partial charge in [-0.05, 0) is 18.6 Å². The van der Waals surface area contributed by atoms with Crippen molar-refractivity contribution in [1.29, 1.82) is 0 Å². The normalized spacial score (nSPS) is 10.9. The number of halogens is 1. The SMILES string of the molecule is CCCOc1ccccc1/C=N\Nc1cnn(C)c(=O)c1Cl. The van der Waals surface area contributed by atoms with Crippen LogP contribution in [0.3, 0.4) is 0 Å². The minimum atomic E-state index is -0.381. The topological polar surface area (TPSA) is 68.5 Å². The first kappa shape index (κ1) is 16.0. The summed E-state index contributed by atoms with van der Waals surface area (Å²) in [6.45, 7) is 2.69. The number of aromatic nitrogens is 2. The maximum absolute atomic E-state index is 11.7. The van der Waals surface area contributed by atoms with E-state index in [4.69, 9.17) is 16.3 Å². The summed E-state index contributed by atoms with van der Waals surface area (Å²) in [5.41, 5.74) is 3.52. The summed E-state index contributed by atoms with van der Waals surface area (Å²) in [7, 11) is 1.53. The largest absolute Gasteiger partial charge is 0.493 e. The molecule has 0 unspecified atom stereocenters. The molecular weight excluding hydrogens is 304 g/mol. The highest BCUT2D eigenvalue weighted by Gasteiger charge is 2.06. The van der Waals surface area contributed by atoms with Gasteiger partial charge < -0.3 is 4.74 Å². The van der Waals surface area contributed by atoms with Crippen molar-refractivity contribution in [2.75, 3.05) is 12.0 Å². The highest BCUT2D eigenvalue weighted by atomic mass is 35.5. The molecule has 2 aromatic rings. The summed E-state index contributed by atoms with van der Waals surface area (Å²) >= 11 is 5.95. The third-order valence-electron chi connectivity index (χ3n) is 2.85. The molecule has 0 atom stereocenters. The van der Waals surface area contributed by atoms with Crippen molar-refractivity contribution in [3.05, 3.63) is 51.4 Å². The molecule has 7 heteroatoms. The first-order valence-corrected chi connectivity index (χ1v) is 7.24. The number of benzene rings is 1. The predicted octanol–water partition coefficient (Wildman–Crippen LogP) is 2.67. The van der Waals surface area contributed by atoms with E-state index < -0.39 is 0 Å². The van der Waals surface area contributed by atoms with Crippen molar-refractivity contribution in [2.24, 2.45) is 12.1 Å². The van der Waals surface area contributed by atoms with Gasteiger partial charge in [0, 0.05) is 12.6 Å². The van der Waals surface area contributed by atoms with Crippen LogP contribution < -0.4 is 15.7 Å². The first-order valence-electron chi connectivity index (χ1n) is 6.86. The molecule has 22 heavy (non-hydrogen) atoms. The zero-order chi connectivity index (χ0) is 15.9. The van der Waals surface area contributed by atoms with Crippen molar-refractivity contribution >= 4 is 23.5 Å². The number of hydrogen-bond acceptors (Lipinski definition) is 5. The molecule has 0 saturated carbocycles. The van der Waals surface area contributed by atoms with Crippen molar-refractivity contribution in [3.63, 3.8) is 0 Å². The molecule has 0 aliphatic heterocycles. The average Bonchev–Trinajstić information content (AvgIpc) is 2.54. The Balaban J connectivity index is 2.13. The van der Waals surface area contributed by atoms with Gasteiger partial charge in [0.15, 0.2) is 0 Å². The van der Waals surface area contributed by atoms with Crippen LogP contribution in [0.5, 0.6) is 5.75 Å². The number of nitrogens with zero attached hydrogens (tertiary/aromatic N) is 3. The molecule has 0 radical (unpaired) electrons. The molecule has 0 saturated heterocycles. The molecule has 0 aliphatic rings. The number of anilines is 1. The van der Waals surface area contributed by atoms with Crippen molar-refractivity contribution in [3.8, 4) is 5.75 Å². The van der Waals surface area contributed by atoms with Crippen LogP contribution in [-0.2, 0) is 7.05 Å². The van der Waals surface area contributed by atoms with E-state index in [2.05, 4.69) is 15.6 Å². The van der Waals surface area contributed by atoms with Gasteiger partial charge in [-0.3, -0.25) is 10.2 Å². The van der Waals surface area contributed by atoms with Gasteiger partial charge in [-0.15, -0.1) is 0 Å². The zero-order valence-electron chi connectivity index (χ0n) is 12.4. The lowest BCUT2D eigenvalue weighted by molar-refractivity contribution is 0.317. The molecule has 0 spiro atoms. The first-order chi connectivity index (χ1) is 10.6. The Hall–Kier alpha value is -2.34. The Morgan fingerprint density at radius 3 is 3.00 bits per heavy atom. The summed E-state index contributed by atoms with van der Waals surface area (Å²) < 4.78 is 6.79. The smallest absolute Gasteiger partial charge is 0.287 e. The van der Waals surface area contributed by atoms with Crippen LogP contribution in [0, 0.1) is 0 Å². The maximum atomic E-state index is 11.7. The van der Waals surface area contributed by atoms with Gasteiger partial charge in [-0.2, -0.15) is 10.2 Å². The lowest BCUT2D eigenvalue weighted by Gasteiger charge is -2.07. The van der Waals surface area contributed by atoms with Gasteiger partial charge in [-0.1, -0.05) is 30.7 Å². The predicted molar refractivity (Wildman–Crippen MR) is 87.9 cm³/mol. The zero-order valence-corrected chi connectivity index (χ0v) is 13.2. The minimum Gasteiger partial charge on any atom is -0.493 e. The second-order valence-corrected chi connectivity index (χ2v) is 4.94. The lowest BCUT2D eigenvalue weighted by atomic mass is 10.2. The summed E-state index contributed by atoms with van der Waals surface area (Å²) in [5.74, 6) is 0.753. The molecule has 0 fully saturated rings. The van der Waals surface area contributed by atoms with Crippen LogP contribution in [0.1, 0.15) is 18.9 Å². The van der Waals surface area contributed by atoms with E-state index in [0.29, 0.717) is 12.3 Å². The van der Waals surface area contributed by atoms with Crippen LogP contribution in [0.2, 0.25) is 5.02 Å². The fraction of sp³-hybridized carbons (Fsp3) is 0.267. The second-order valence-electron chi connectivity index (χ2n) is 4.56. The summed E-state index contributed by atoms with van der Waals surface area (Å²) in [4.78, 5) is 11.7. The van der Waals surface area contributed by atoms with E-state index in [1.807, 2.05) is 31.2 Å². The van der Waals surface area contributed by atoms with Gasteiger partial charge >= 0.3 is 0 Å². The van der Waals surface area contributed by atoms with Crippen molar-refractivity contribution < 1.29 is 4.74 Å². The molecular formula is C15H17ClN4O2. The summed E-state index contributed by atoms with van der Waals surface area (Å²) in [6.07, 6.45) is 3.98. The van der Waals surface area contributed by atoms with Crippen LogP contribution in [0.25, 0.3) is 0 Å². The highest BCUT2D eigenvalue weighted by Crippen LogP contribution is 2.17. The lowest BCUT2D eigenvalue weighted by Crippen LogP contribution is -2.20. The maximum Gasteiger partial charge on any atom is 0.287 e. The van der Waals surface area contributed by atoms with E-state index in [9.17, 15) is 4.79 Å². The highest BCUT2D eigenvalue weighted by molar-refractivity contribution is 6.32. The average molecular weight is 321 g/mol. The number of nitrogens with one attached hydrogen (secondary N) is 1. The van der Waals surface area contributed by atoms with Gasteiger partial charge in [-0.25, -0.2) is 4.68 Å². The standard InChI is InChI=1S/C15H17ClN4O2/c1-3-8-22-13-7-5-4-6-11(13)9-17-19-12-10-18-20(2)15(21)14(12)16/h4-7,9-10,19H,3,8H2,1-2H3/b17-9-. The Morgan fingerprint density at radius 1 is 1.45 bits per heavy atom. The molecule has 1 aromatic heterocycles. The fourth-order valence-corrected chi connectivity index (χ4v) is 1.90. The van der Waals surface area contributed by atoms with E-state index >= 15 is 0 Å². The van der Waals surface area contributed by atoms with Crippen molar-refractivity contribution in [2.45, 2.75) is 13.3 Å². The molecule has 6 nitrogen and oxygen atoms in total. The van der Waals surface area contributed by atoms with Gasteiger partial charge in [0.05, 0.1) is 19.0 Å². The minimum absolute atomic E-state index is 0.0465. The molecule has 2 rings (SSSR count). The third kappa shape index (κ3) is 3.85. The van der Waals surface area contributed by atoms with Crippen LogP contribution in [0.15, 0.2) is 40.4 Å². The number of rotatable bonds is 6. The molecule has 1 aromatic carbocycles. The third-order valence-corrected chi connectivity index (χ3v) is 3.21. The number of para-hydroxylation sites is 1. The van der Waals surface area contributed by atoms with Crippen LogP contribution >= 0.6 is 11.6 Å². The van der Waals surface area contributed by atoms with Crippen LogP contribution in [-0.4, -0.2) is 22.6 Å². The number of ether oxygens (including phenoxy) is 1.